The third kappa shape index (κ3) is 4.47. The zero-order valence-corrected chi connectivity index (χ0v) is 12.1. The van der Waals surface area contributed by atoms with Gasteiger partial charge in [-0.25, -0.2) is 4.79 Å². The number of piperazine rings is 1. The molecular weight excluding hydrogens is 258 g/mol. The molecule has 0 aromatic heterocycles. The molecule has 0 aromatic rings. The molecule has 2 atom stereocenters. The van der Waals surface area contributed by atoms with Gasteiger partial charge < -0.3 is 5.73 Å². The Kier molecular flexibility index (Phi) is 6.42. The first-order valence-electron chi connectivity index (χ1n) is 6.97. The van der Waals surface area contributed by atoms with E-state index in [0.717, 1.165) is 25.9 Å². The van der Waals surface area contributed by atoms with Crippen LogP contribution in [0.5, 0.6) is 0 Å². The van der Waals surface area contributed by atoms with Crippen molar-refractivity contribution < 1.29 is 9.59 Å². The second kappa shape index (κ2) is 7.82. The van der Waals surface area contributed by atoms with E-state index in [1.54, 1.807) is 6.92 Å². The molecule has 1 saturated heterocycles. The number of primary amides is 1. The number of amides is 3. The van der Waals surface area contributed by atoms with E-state index >= 15 is 0 Å². The molecule has 1 fully saturated rings. The van der Waals surface area contributed by atoms with E-state index in [-0.39, 0.29) is 11.9 Å². The monoisotopic (exact) mass is 281 g/mol. The first kappa shape index (κ1) is 16.4. The van der Waals surface area contributed by atoms with Crippen molar-refractivity contribution in [1.29, 1.82) is 5.26 Å². The van der Waals surface area contributed by atoms with Crippen molar-refractivity contribution in [2.45, 2.75) is 38.8 Å². The standard InChI is InChI=1S/C13H23N5O2/c1-3-4-11(9-14)18-7-5-17(6-8-18)10(2)12(19)16-13(15)20/h10-11H,3-8H2,1-2H3,(H3,15,16,19,20). The maximum atomic E-state index is 11.7. The van der Waals surface area contributed by atoms with Crippen LogP contribution in [-0.4, -0.2) is 60.0 Å². The van der Waals surface area contributed by atoms with E-state index in [9.17, 15) is 9.59 Å². The number of rotatable bonds is 5. The van der Waals surface area contributed by atoms with Gasteiger partial charge in [-0.3, -0.25) is 19.9 Å². The van der Waals surface area contributed by atoms with Gasteiger partial charge in [-0.2, -0.15) is 5.26 Å². The summed E-state index contributed by atoms with van der Waals surface area (Å²) in [5, 5.41) is 11.2. The number of nitrogens with zero attached hydrogens (tertiary/aromatic N) is 3. The van der Waals surface area contributed by atoms with Crippen molar-refractivity contribution in [2.24, 2.45) is 5.73 Å². The Labute approximate surface area is 119 Å². The van der Waals surface area contributed by atoms with Crippen LogP contribution in [-0.2, 0) is 4.79 Å². The van der Waals surface area contributed by atoms with E-state index in [1.165, 1.54) is 0 Å². The number of hydrogen-bond acceptors (Lipinski definition) is 5. The molecule has 1 aliphatic rings. The summed E-state index contributed by atoms with van der Waals surface area (Å²) in [5.74, 6) is -0.378. The summed E-state index contributed by atoms with van der Waals surface area (Å²) in [4.78, 5) is 26.5. The van der Waals surface area contributed by atoms with E-state index < -0.39 is 12.1 Å². The van der Waals surface area contributed by atoms with Crippen LogP contribution in [0.3, 0.4) is 0 Å². The highest BCUT2D eigenvalue weighted by atomic mass is 16.2. The summed E-state index contributed by atoms with van der Waals surface area (Å²) < 4.78 is 0. The normalized spacial score (nSPS) is 19.9. The van der Waals surface area contributed by atoms with Gasteiger partial charge in [0, 0.05) is 26.2 Å². The molecule has 0 radical (unpaired) electrons. The van der Waals surface area contributed by atoms with Crippen LogP contribution in [0.2, 0.25) is 0 Å². The average Bonchev–Trinajstić information content (AvgIpc) is 2.43. The van der Waals surface area contributed by atoms with E-state index in [1.807, 2.05) is 4.90 Å². The van der Waals surface area contributed by atoms with Crippen molar-refractivity contribution in [1.82, 2.24) is 15.1 Å². The number of nitriles is 1. The Morgan fingerprint density at radius 3 is 2.30 bits per heavy atom. The van der Waals surface area contributed by atoms with Gasteiger partial charge in [-0.15, -0.1) is 0 Å². The van der Waals surface area contributed by atoms with Crippen LogP contribution in [0.1, 0.15) is 26.7 Å². The van der Waals surface area contributed by atoms with Gasteiger partial charge in [0.05, 0.1) is 18.2 Å². The van der Waals surface area contributed by atoms with Crippen molar-refractivity contribution in [3.05, 3.63) is 0 Å². The van der Waals surface area contributed by atoms with Crippen molar-refractivity contribution >= 4 is 11.9 Å². The molecule has 0 spiro atoms. The van der Waals surface area contributed by atoms with Crippen LogP contribution in [0.25, 0.3) is 0 Å². The molecule has 3 N–H and O–H groups in total. The number of hydrogen-bond donors (Lipinski definition) is 2. The highest BCUT2D eigenvalue weighted by Gasteiger charge is 2.28. The molecule has 1 heterocycles. The zero-order chi connectivity index (χ0) is 15.1. The van der Waals surface area contributed by atoms with Crippen LogP contribution in [0.4, 0.5) is 4.79 Å². The maximum absolute atomic E-state index is 11.7. The summed E-state index contributed by atoms with van der Waals surface area (Å²) in [6, 6.07) is 1.07. The van der Waals surface area contributed by atoms with Crippen molar-refractivity contribution in [3.63, 3.8) is 0 Å². The van der Waals surface area contributed by atoms with Gasteiger partial charge in [0.15, 0.2) is 0 Å². The van der Waals surface area contributed by atoms with Crippen LogP contribution in [0.15, 0.2) is 0 Å². The van der Waals surface area contributed by atoms with Gasteiger partial charge in [-0.05, 0) is 13.3 Å². The molecule has 3 amide bonds. The van der Waals surface area contributed by atoms with Gasteiger partial charge >= 0.3 is 6.03 Å². The van der Waals surface area contributed by atoms with Crippen LogP contribution in [0, 0.1) is 11.3 Å². The summed E-state index contributed by atoms with van der Waals surface area (Å²) >= 11 is 0. The lowest BCUT2D eigenvalue weighted by molar-refractivity contribution is -0.125. The predicted molar refractivity (Wildman–Crippen MR) is 74.6 cm³/mol. The largest absolute Gasteiger partial charge is 0.351 e. The van der Waals surface area contributed by atoms with Crippen LogP contribution >= 0.6 is 0 Å². The van der Waals surface area contributed by atoms with E-state index in [0.29, 0.717) is 13.1 Å². The van der Waals surface area contributed by atoms with Gasteiger partial charge in [0.2, 0.25) is 5.91 Å². The molecule has 7 heteroatoms. The zero-order valence-electron chi connectivity index (χ0n) is 12.1. The minimum atomic E-state index is -0.826. The van der Waals surface area contributed by atoms with Gasteiger partial charge in [0.1, 0.15) is 0 Å². The lowest BCUT2D eigenvalue weighted by Gasteiger charge is -2.39. The third-order valence-corrected chi connectivity index (χ3v) is 3.67. The van der Waals surface area contributed by atoms with Gasteiger partial charge in [0.25, 0.3) is 0 Å². The minimum Gasteiger partial charge on any atom is -0.351 e. The Morgan fingerprint density at radius 1 is 1.30 bits per heavy atom. The number of imide groups is 1. The lowest BCUT2D eigenvalue weighted by atomic mass is 10.1. The molecule has 20 heavy (non-hydrogen) atoms. The molecule has 0 bridgehead atoms. The molecular formula is C13H23N5O2. The number of nitrogens with one attached hydrogen (secondary N) is 1. The summed E-state index contributed by atoms with van der Waals surface area (Å²) in [7, 11) is 0. The second-order valence-corrected chi connectivity index (χ2v) is 5.03. The smallest absolute Gasteiger partial charge is 0.318 e. The summed E-state index contributed by atoms with van der Waals surface area (Å²) in [5.41, 5.74) is 4.94. The predicted octanol–water partition coefficient (Wildman–Crippen LogP) is -0.120. The fourth-order valence-corrected chi connectivity index (χ4v) is 2.43. The number of carbonyl (C=O) groups excluding carboxylic acids is 2. The SMILES string of the molecule is CCCC(C#N)N1CCN(C(C)C(=O)NC(N)=O)CC1. The first-order chi connectivity index (χ1) is 9.49. The lowest BCUT2D eigenvalue weighted by Crippen LogP contribution is -2.56. The number of nitrogens with two attached hydrogens (primary N) is 1. The van der Waals surface area contributed by atoms with E-state index in [2.05, 4.69) is 23.2 Å². The Balaban J connectivity index is 2.47. The summed E-state index contributed by atoms with van der Waals surface area (Å²) in [6.45, 7) is 6.74. The molecule has 1 rings (SSSR count). The molecule has 112 valence electrons. The quantitative estimate of drug-likeness (QED) is 0.731. The molecule has 0 saturated carbocycles. The van der Waals surface area contributed by atoms with Crippen LogP contribution < -0.4 is 11.1 Å². The number of carbonyl (C=O) groups is 2. The highest BCUT2D eigenvalue weighted by molar-refractivity contribution is 5.96. The average molecular weight is 281 g/mol. The number of urea groups is 1. The topological polar surface area (TPSA) is 102 Å². The minimum absolute atomic E-state index is 0.0445. The molecule has 1 aliphatic heterocycles. The molecule has 0 aromatic carbocycles. The fourth-order valence-electron chi connectivity index (χ4n) is 2.43. The van der Waals surface area contributed by atoms with E-state index in [4.69, 9.17) is 11.0 Å². The van der Waals surface area contributed by atoms with Crippen molar-refractivity contribution in [3.8, 4) is 6.07 Å². The Hall–Kier alpha value is -1.65. The molecule has 0 aliphatic carbocycles. The first-order valence-corrected chi connectivity index (χ1v) is 6.97. The molecule has 7 nitrogen and oxygen atoms in total. The Morgan fingerprint density at radius 2 is 1.85 bits per heavy atom. The molecule has 2 unspecified atom stereocenters. The van der Waals surface area contributed by atoms with Gasteiger partial charge in [-0.1, -0.05) is 13.3 Å². The van der Waals surface area contributed by atoms with Crippen molar-refractivity contribution in [2.75, 3.05) is 26.2 Å². The maximum Gasteiger partial charge on any atom is 0.318 e. The fraction of sp³-hybridized carbons (Fsp3) is 0.769. The Bertz CT molecular complexity index is 385. The summed E-state index contributed by atoms with van der Waals surface area (Å²) in [6.07, 6.45) is 1.85. The second-order valence-electron chi connectivity index (χ2n) is 5.03. The highest BCUT2D eigenvalue weighted by Crippen LogP contribution is 2.12. The third-order valence-electron chi connectivity index (χ3n) is 3.67.